The van der Waals surface area contributed by atoms with Crippen LogP contribution in [-0.4, -0.2) is 60.9 Å². The molecule has 2 aliphatic heterocycles. The first-order valence-corrected chi connectivity index (χ1v) is 9.85. The third-order valence-corrected chi connectivity index (χ3v) is 6.38. The molecule has 126 valence electrons. The summed E-state index contributed by atoms with van der Waals surface area (Å²) >= 11 is 0. The smallest absolute Gasteiger partial charge is 0.227 e. The summed E-state index contributed by atoms with van der Waals surface area (Å²) in [4.78, 5) is 18.3. The lowest BCUT2D eigenvalue weighted by atomic mass is 9.78. The number of hydrogen-bond donors (Lipinski definition) is 0. The van der Waals surface area contributed by atoms with Crippen LogP contribution in [0.1, 0.15) is 24.8 Å². The maximum absolute atomic E-state index is 12.4. The first kappa shape index (κ1) is 16.4. The molecule has 3 heterocycles. The van der Waals surface area contributed by atoms with Gasteiger partial charge in [0, 0.05) is 38.6 Å². The molecule has 0 radical (unpaired) electrons. The summed E-state index contributed by atoms with van der Waals surface area (Å²) in [5, 5.41) is 0. The van der Waals surface area contributed by atoms with E-state index >= 15 is 0 Å². The van der Waals surface area contributed by atoms with E-state index in [0.29, 0.717) is 19.5 Å². The van der Waals surface area contributed by atoms with Gasteiger partial charge >= 0.3 is 0 Å². The molecular formula is C16H23N3O3S. The highest BCUT2D eigenvalue weighted by Gasteiger charge is 2.43. The van der Waals surface area contributed by atoms with E-state index in [4.69, 9.17) is 0 Å². The standard InChI is InChI=1S/C16H23N3O3S/c1-23(21,22)19-10-6-16(13-19)4-8-18(9-5-16)15(20)11-14-3-2-7-17-12-14/h2-3,7,12H,4-6,8-11,13H2,1H3. The number of hydrogen-bond acceptors (Lipinski definition) is 4. The zero-order valence-corrected chi connectivity index (χ0v) is 14.3. The predicted octanol–water partition coefficient (Wildman–Crippen LogP) is 0.898. The van der Waals surface area contributed by atoms with E-state index < -0.39 is 10.0 Å². The van der Waals surface area contributed by atoms with Crippen LogP contribution in [0.4, 0.5) is 0 Å². The Morgan fingerprint density at radius 3 is 2.52 bits per heavy atom. The third kappa shape index (κ3) is 3.72. The minimum Gasteiger partial charge on any atom is -0.342 e. The van der Waals surface area contributed by atoms with Crippen molar-refractivity contribution in [1.29, 1.82) is 0 Å². The van der Waals surface area contributed by atoms with Crippen LogP contribution < -0.4 is 0 Å². The molecule has 2 fully saturated rings. The first-order valence-electron chi connectivity index (χ1n) is 8.00. The van der Waals surface area contributed by atoms with Crippen LogP contribution in [0.2, 0.25) is 0 Å². The molecule has 0 bridgehead atoms. The Balaban J connectivity index is 1.56. The van der Waals surface area contributed by atoms with Crippen LogP contribution in [-0.2, 0) is 21.2 Å². The Morgan fingerprint density at radius 1 is 1.26 bits per heavy atom. The second-order valence-corrected chi connectivity index (χ2v) is 8.75. The van der Waals surface area contributed by atoms with Gasteiger partial charge in [0.2, 0.25) is 15.9 Å². The van der Waals surface area contributed by atoms with Crippen LogP contribution in [0.5, 0.6) is 0 Å². The molecule has 1 amide bonds. The number of carbonyl (C=O) groups is 1. The third-order valence-electron chi connectivity index (χ3n) is 5.13. The number of nitrogens with zero attached hydrogens (tertiary/aromatic N) is 3. The number of carbonyl (C=O) groups excluding carboxylic acids is 1. The van der Waals surface area contributed by atoms with Gasteiger partial charge in [-0.05, 0) is 36.3 Å². The summed E-state index contributed by atoms with van der Waals surface area (Å²) in [6.45, 7) is 2.66. The number of rotatable bonds is 3. The van der Waals surface area contributed by atoms with Crippen LogP contribution in [0, 0.1) is 5.41 Å². The molecule has 0 unspecified atom stereocenters. The highest BCUT2D eigenvalue weighted by Crippen LogP contribution is 2.41. The maximum atomic E-state index is 12.4. The van der Waals surface area contributed by atoms with Crippen LogP contribution in [0.25, 0.3) is 0 Å². The van der Waals surface area contributed by atoms with Gasteiger partial charge in [-0.25, -0.2) is 12.7 Å². The van der Waals surface area contributed by atoms with Gasteiger partial charge in [-0.15, -0.1) is 0 Å². The normalized spacial score (nSPS) is 21.7. The molecule has 0 atom stereocenters. The van der Waals surface area contributed by atoms with Crippen molar-refractivity contribution in [2.45, 2.75) is 25.7 Å². The molecule has 7 heteroatoms. The lowest BCUT2D eigenvalue weighted by Gasteiger charge is -2.39. The lowest BCUT2D eigenvalue weighted by molar-refractivity contribution is -0.132. The maximum Gasteiger partial charge on any atom is 0.227 e. The Bertz CT molecular complexity index is 667. The van der Waals surface area contributed by atoms with E-state index in [1.807, 2.05) is 17.0 Å². The van der Waals surface area contributed by atoms with E-state index in [2.05, 4.69) is 4.98 Å². The molecule has 23 heavy (non-hydrogen) atoms. The predicted molar refractivity (Wildman–Crippen MR) is 87.2 cm³/mol. The van der Waals surface area contributed by atoms with E-state index in [9.17, 15) is 13.2 Å². The Morgan fingerprint density at radius 2 is 1.96 bits per heavy atom. The highest BCUT2D eigenvalue weighted by atomic mass is 32.2. The van der Waals surface area contributed by atoms with Crippen molar-refractivity contribution in [2.75, 3.05) is 32.4 Å². The largest absolute Gasteiger partial charge is 0.342 e. The van der Waals surface area contributed by atoms with Crippen molar-refractivity contribution >= 4 is 15.9 Å². The van der Waals surface area contributed by atoms with E-state index in [0.717, 1.165) is 37.9 Å². The van der Waals surface area contributed by atoms with Gasteiger partial charge in [0.05, 0.1) is 12.7 Å². The second kappa shape index (κ2) is 6.20. The number of pyridine rings is 1. The van der Waals surface area contributed by atoms with Gasteiger partial charge in [-0.2, -0.15) is 0 Å². The summed E-state index contributed by atoms with van der Waals surface area (Å²) < 4.78 is 25.0. The Hall–Kier alpha value is -1.47. The highest BCUT2D eigenvalue weighted by molar-refractivity contribution is 7.88. The van der Waals surface area contributed by atoms with Gasteiger partial charge in [0.1, 0.15) is 0 Å². The molecule has 0 aromatic carbocycles. The van der Waals surface area contributed by atoms with Crippen LogP contribution >= 0.6 is 0 Å². The van der Waals surface area contributed by atoms with Crippen molar-refractivity contribution in [3.05, 3.63) is 30.1 Å². The average Bonchev–Trinajstić information content (AvgIpc) is 2.93. The average molecular weight is 337 g/mol. The first-order chi connectivity index (χ1) is 10.9. The molecule has 1 aromatic heterocycles. The topological polar surface area (TPSA) is 70.6 Å². The fraction of sp³-hybridized carbons (Fsp3) is 0.625. The molecule has 1 spiro atoms. The number of sulfonamides is 1. The monoisotopic (exact) mass is 337 g/mol. The summed E-state index contributed by atoms with van der Waals surface area (Å²) in [5.41, 5.74) is 0.996. The van der Waals surface area contributed by atoms with Gasteiger partial charge in [0.15, 0.2) is 0 Å². The molecule has 3 rings (SSSR count). The summed E-state index contributed by atoms with van der Waals surface area (Å²) in [7, 11) is -3.10. The van der Waals surface area contributed by atoms with Gasteiger partial charge in [-0.1, -0.05) is 6.07 Å². The van der Waals surface area contributed by atoms with E-state index in [1.54, 1.807) is 16.7 Å². The lowest BCUT2D eigenvalue weighted by Crippen LogP contribution is -2.45. The second-order valence-electron chi connectivity index (χ2n) is 6.77. The van der Waals surface area contributed by atoms with Crippen molar-refractivity contribution in [1.82, 2.24) is 14.2 Å². The number of likely N-dealkylation sites (tertiary alicyclic amines) is 1. The minimum atomic E-state index is -3.10. The molecule has 0 N–H and O–H groups in total. The molecule has 1 aromatic rings. The Kier molecular flexibility index (Phi) is 4.42. The quantitative estimate of drug-likeness (QED) is 0.822. The van der Waals surface area contributed by atoms with Crippen molar-refractivity contribution < 1.29 is 13.2 Å². The number of piperidine rings is 1. The fourth-order valence-electron chi connectivity index (χ4n) is 3.60. The zero-order chi connectivity index (χ0) is 16.5. The molecule has 2 aliphatic rings. The summed E-state index contributed by atoms with van der Waals surface area (Å²) in [6, 6.07) is 3.75. The fourth-order valence-corrected chi connectivity index (χ4v) is 4.54. The molecule has 6 nitrogen and oxygen atoms in total. The molecule has 0 aliphatic carbocycles. The van der Waals surface area contributed by atoms with Crippen molar-refractivity contribution in [2.24, 2.45) is 5.41 Å². The zero-order valence-electron chi connectivity index (χ0n) is 13.4. The molecule has 2 saturated heterocycles. The molecule has 0 saturated carbocycles. The minimum absolute atomic E-state index is 0.0637. The summed E-state index contributed by atoms with van der Waals surface area (Å²) in [5.74, 6) is 0.130. The summed E-state index contributed by atoms with van der Waals surface area (Å²) in [6.07, 6.45) is 7.77. The van der Waals surface area contributed by atoms with Gasteiger partial charge < -0.3 is 4.90 Å². The van der Waals surface area contributed by atoms with E-state index in [-0.39, 0.29) is 11.3 Å². The van der Waals surface area contributed by atoms with Crippen LogP contribution in [0.15, 0.2) is 24.5 Å². The Labute approximate surface area is 137 Å². The molecular weight excluding hydrogens is 314 g/mol. The van der Waals surface area contributed by atoms with Crippen molar-refractivity contribution in [3.8, 4) is 0 Å². The van der Waals surface area contributed by atoms with Gasteiger partial charge in [-0.3, -0.25) is 9.78 Å². The van der Waals surface area contributed by atoms with Crippen molar-refractivity contribution in [3.63, 3.8) is 0 Å². The van der Waals surface area contributed by atoms with Gasteiger partial charge in [0.25, 0.3) is 0 Å². The number of amides is 1. The van der Waals surface area contributed by atoms with E-state index in [1.165, 1.54) is 6.26 Å². The van der Waals surface area contributed by atoms with Crippen LogP contribution in [0.3, 0.4) is 0 Å². The number of aromatic nitrogens is 1. The SMILES string of the molecule is CS(=O)(=O)N1CCC2(CCN(C(=O)Cc3cccnc3)CC2)C1.